The van der Waals surface area contributed by atoms with Crippen LogP contribution in [0.15, 0.2) is 46.9 Å². The monoisotopic (exact) mass is 479 g/mol. The average molecular weight is 480 g/mol. The summed E-state index contributed by atoms with van der Waals surface area (Å²) < 4.78 is 11.7. The lowest BCUT2D eigenvalue weighted by atomic mass is 10.2. The van der Waals surface area contributed by atoms with E-state index in [2.05, 4.69) is 39.0 Å². The third-order valence-electron chi connectivity index (χ3n) is 3.77. The molecular weight excluding hydrogens is 458 g/mol. The Morgan fingerprint density at radius 2 is 1.59 bits per heavy atom. The number of carbonyl (C=O) groups excluding carboxylic acids is 2. The van der Waals surface area contributed by atoms with Crippen LogP contribution in [0.2, 0.25) is 0 Å². The maximum Gasteiger partial charge on any atom is 0.276 e. The van der Waals surface area contributed by atoms with Crippen LogP contribution >= 0.6 is 28.1 Å². The van der Waals surface area contributed by atoms with Gasteiger partial charge >= 0.3 is 0 Å². The standard InChI is InChI=1S/C20H22BrN3O4S/c1-3-14-4-6-15(7-5-14)27-12-19(26)23-24-20(29)22-18(25)11-28-16-8-9-17(21)13(2)10-16/h4-10H,3,11-12H2,1-2H3,(H,23,26)(H2,22,24,25,29). The van der Waals surface area contributed by atoms with E-state index in [1.165, 1.54) is 5.56 Å². The summed E-state index contributed by atoms with van der Waals surface area (Å²) in [7, 11) is 0. The minimum atomic E-state index is -0.454. The SMILES string of the molecule is CCc1ccc(OCC(=O)NNC(=S)NC(=O)COc2ccc(Br)c(C)c2)cc1. The molecule has 7 nitrogen and oxygen atoms in total. The average Bonchev–Trinajstić information content (AvgIpc) is 2.72. The van der Waals surface area contributed by atoms with Crippen LogP contribution in [-0.2, 0) is 16.0 Å². The Kier molecular flexibility index (Phi) is 8.88. The van der Waals surface area contributed by atoms with Crippen molar-refractivity contribution in [1.29, 1.82) is 0 Å². The van der Waals surface area contributed by atoms with Crippen LogP contribution < -0.4 is 25.6 Å². The number of aryl methyl sites for hydroxylation is 2. The summed E-state index contributed by atoms with van der Waals surface area (Å²) >= 11 is 8.36. The lowest BCUT2D eigenvalue weighted by molar-refractivity contribution is -0.124. The van der Waals surface area contributed by atoms with E-state index in [1.54, 1.807) is 18.2 Å². The van der Waals surface area contributed by atoms with Gasteiger partial charge in [0.25, 0.3) is 11.8 Å². The number of hydrogen-bond acceptors (Lipinski definition) is 5. The number of thiocarbonyl (C=S) groups is 1. The second-order valence-electron chi connectivity index (χ2n) is 6.04. The minimum Gasteiger partial charge on any atom is -0.484 e. The van der Waals surface area contributed by atoms with Crippen molar-refractivity contribution in [3.63, 3.8) is 0 Å². The quantitative estimate of drug-likeness (QED) is 0.417. The van der Waals surface area contributed by atoms with Gasteiger partial charge in [0.05, 0.1) is 0 Å². The van der Waals surface area contributed by atoms with Crippen LogP contribution in [0.5, 0.6) is 11.5 Å². The van der Waals surface area contributed by atoms with Gasteiger partial charge in [-0.15, -0.1) is 0 Å². The normalized spacial score (nSPS) is 10.0. The van der Waals surface area contributed by atoms with Crippen molar-refractivity contribution < 1.29 is 19.1 Å². The number of hydrazine groups is 1. The first-order chi connectivity index (χ1) is 13.9. The van der Waals surface area contributed by atoms with Gasteiger partial charge < -0.3 is 9.47 Å². The molecule has 9 heteroatoms. The molecule has 0 aromatic heterocycles. The van der Waals surface area contributed by atoms with Crippen molar-refractivity contribution in [2.75, 3.05) is 13.2 Å². The van der Waals surface area contributed by atoms with Crippen LogP contribution in [0.4, 0.5) is 0 Å². The Morgan fingerprint density at radius 3 is 2.24 bits per heavy atom. The van der Waals surface area contributed by atoms with E-state index in [9.17, 15) is 9.59 Å². The molecule has 29 heavy (non-hydrogen) atoms. The van der Waals surface area contributed by atoms with E-state index in [1.807, 2.05) is 31.2 Å². The zero-order valence-corrected chi connectivity index (χ0v) is 18.5. The second-order valence-corrected chi connectivity index (χ2v) is 7.30. The molecule has 0 aliphatic rings. The van der Waals surface area contributed by atoms with E-state index < -0.39 is 11.8 Å². The molecular formula is C20H22BrN3O4S. The molecule has 0 unspecified atom stereocenters. The summed E-state index contributed by atoms with van der Waals surface area (Å²) in [6, 6.07) is 12.9. The molecule has 0 fully saturated rings. The Bertz CT molecular complexity index is 875. The molecule has 154 valence electrons. The highest BCUT2D eigenvalue weighted by molar-refractivity contribution is 9.10. The van der Waals surface area contributed by atoms with Crippen LogP contribution in [0.1, 0.15) is 18.1 Å². The van der Waals surface area contributed by atoms with Crippen LogP contribution in [0.3, 0.4) is 0 Å². The van der Waals surface area contributed by atoms with E-state index >= 15 is 0 Å². The fraction of sp³-hybridized carbons (Fsp3) is 0.250. The van der Waals surface area contributed by atoms with Crippen LogP contribution in [0.25, 0.3) is 0 Å². The molecule has 0 aliphatic heterocycles. The highest BCUT2D eigenvalue weighted by atomic mass is 79.9. The summed E-state index contributed by atoms with van der Waals surface area (Å²) in [6.07, 6.45) is 0.932. The predicted molar refractivity (Wildman–Crippen MR) is 118 cm³/mol. The first-order valence-electron chi connectivity index (χ1n) is 8.86. The Labute approximate surface area is 183 Å². The summed E-state index contributed by atoms with van der Waals surface area (Å²) in [5.41, 5.74) is 6.97. The third-order valence-corrected chi connectivity index (χ3v) is 4.86. The molecule has 0 heterocycles. The fourth-order valence-corrected chi connectivity index (χ4v) is 2.59. The molecule has 0 radical (unpaired) electrons. The van der Waals surface area contributed by atoms with Crippen molar-refractivity contribution >= 4 is 45.1 Å². The molecule has 0 saturated heterocycles. The molecule has 0 bridgehead atoms. The van der Waals surface area contributed by atoms with Crippen molar-refractivity contribution in [3.8, 4) is 11.5 Å². The van der Waals surface area contributed by atoms with E-state index in [0.717, 1.165) is 16.5 Å². The van der Waals surface area contributed by atoms with Crippen molar-refractivity contribution in [2.45, 2.75) is 20.3 Å². The number of rotatable bonds is 7. The molecule has 0 atom stereocenters. The Hall–Kier alpha value is -2.65. The van der Waals surface area contributed by atoms with Gasteiger partial charge in [0.15, 0.2) is 18.3 Å². The van der Waals surface area contributed by atoms with Gasteiger partial charge in [-0.3, -0.25) is 25.8 Å². The molecule has 2 rings (SSSR count). The number of halogens is 1. The van der Waals surface area contributed by atoms with Gasteiger partial charge in [-0.05, 0) is 67.0 Å². The van der Waals surface area contributed by atoms with Gasteiger partial charge in [-0.2, -0.15) is 0 Å². The zero-order chi connectivity index (χ0) is 21.2. The van der Waals surface area contributed by atoms with E-state index in [4.69, 9.17) is 21.7 Å². The first-order valence-corrected chi connectivity index (χ1v) is 10.1. The number of carbonyl (C=O) groups is 2. The smallest absolute Gasteiger partial charge is 0.276 e. The molecule has 2 aromatic carbocycles. The summed E-state index contributed by atoms with van der Waals surface area (Å²) in [6.45, 7) is 3.57. The number of hydrogen-bond donors (Lipinski definition) is 3. The highest BCUT2D eigenvalue weighted by Gasteiger charge is 2.08. The molecule has 2 aromatic rings. The van der Waals surface area contributed by atoms with Crippen molar-refractivity contribution in [2.24, 2.45) is 0 Å². The number of nitrogens with one attached hydrogen (secondary N) is 3. The van der Waals surface area contributed by atoms with E-state index in [0.29, 0.717) is 11.5 Å². The summed E-state index contributed by atoms with van der Waals surface area (Å²) in [5.74, 6) is 0.262. The second kappa shape index (κ2) is 11.4. The van der Waals surface area contributed by atoms with E-state index in [-0.39, 0.29) is 18.3 Å². The lowest BCUT2D eigenvalue weighted by Gasteiger charge is -2.12. The van der Waals surface area contributed by atoms with Gasteiger partial charge in [0.1, 0.15) is 11.5 Å². The largest absolute Gasteiger partial charge is 0.484 e. The third kappa shape index (κ3) is 8.08. The van der Waals surface area contributed by atoms with Crippen molar-refractivity contribution in [3.05, 3.63) is 58.1 Å². The highest BCUT2D eigenvalue weighted by Crippen LogP contribution is 2.21. The Balaban J connectivity index is 1.65. The summed E-state index contributed by atoms with van der Waals surface area (Å²) in [4.78, 5) is 23.7. The zero-order valence-electron chi connectivity index (χ0n) is 16.1. The topological polar surface area (TPSA) is 88.7 Å². The number of benzene rings is 2. The van der Waals surface area contributed by atoms with Gasteiger partial charge in [-0.1, -0.05) is 35.0 Å². The van der Waals surface area contributed by atoms with Crippen LogP contribution in [0, 0.1) is 6.92 Å². The first kappa shape index (κ1) is 22.6. The molecule has 0 saturated carbocycles. The summed E-state index contributed by atoms with van der Waals surface area (Å²) in [5, 5.41) is 2.36. The van der Waals surface area contributed by atoms with Gasteiger partial charge in [0.2, 0.25) is 0 Å². The van der Waals surface area contributed by atoms with Crippen LogP contribution in [-0.4, -0.2) is 30.1 Å². The molecule has 3 N–H and O–H groups in total. The molecule has 0 spiro atoms. The van der Waals surface area contributed by atoms with Crippen molar-refractivity contribution in [1.82, 2.24) is 16.2 Å². The molecule has 0 aliphatic carbocycles. The maximum absolute atomic E-state index is 11.9. The number of amides is 2. The van der Waals surface area contributed by atoms with Gasteiger partial charge in [0, 0.05) is 4.47 Å². The molecule has 2 amide bonds. The number of ether oxygens (including phenoxy) is 2. The maximum atomic E-state index is 11.9. The lowest BCUT2D eigenvalue weighted by Crippen LogP contribution is -2.50. The minimum absolute atomic E-state index is 0.0498. The van der Waals surface area contributed by atoms with Gasteiger partial charge in [-0.25, -0.2) is 0 Å². The Morgan fingerprint density at radius 1 is 0.966 bits per heavy atom. The fourth-order valence-electron chi connectivity index (χ4n) is 2.18. The predicted octanol–water partition coefficient (Wildman–Crippen LogP) is 2.80.